The zero-order valence-electron chi connectivity index (χ0n) is 9.28. The fourth-order valence-electron chi connectivity index (χ4n) is 1.35. The summed E-state index contributed by atoms with van der Waals surface area (Å²) in [5, 5.41) is 12.0. The van der Waals surface area contributed by atoms with Gasteiger partial charge in [-0.25, -0.2) is 0 Å². The van der Waals surface area contributed by atoms with Crippen LogP contribution in [0.25, 0.3) is 0 Å². The predicted molar refractivity (Wildman–Crippen MR) is 63.6 cm³/mol. The normalized spacial score (nSPS) is 9.44. The summed E-state index contributed by atoms with van der Waals surface area (Å²) in [6.07, 6.45) is 2.40. The van der Waals surface area contributed by atoms with E-state index in [1.807, 2.05) is 18.2 Å². The standard InChI is InChI=1S/C13H16N2O/c1-2-16-8-4-7-15-11-13-6-3-5-12(9-13)10-14/h2-3,5-6,9,15H,1,4,7-8,11H2. The molecule has 0 bridgehead atoms. The van der Waals surface area contributed by atoms with Crippen molar-refractivity contribution in [3.63, 3.8) is 0 Å². The van der Waals surface area contributed by atoms with E-state index in [2.05, 4.69) is 18.0 Å². The van der Waals surface area contributed by atoms with Crippen molar-refractivity contribution < 1.29 is 4.74 Å². The summed E-state index contributed by atoms with van der Waals surface area (Å²) in [5.74, 6) is 0. The van der Waals surface area contributed by atoms with Crippen LogP contribution in [0.3, 0.4) is 0 Å². The lowest BCUT2D eigenvalue weighted by atomic mass is 10.1. The molecular weight excluding hydrogens is 200 g/mol. The molecule has 84 valence electrons. The van der Waals surface area contributed by atoms with Crippen molar-refractivity contribution in [2.24, 2.45) is 0 Å². The average Bonchev–Trinajstić information content (AvgIpc) is 2.34. The van der Waals surface area contributed by atoms with Crippen LogP contribution < -0.4 is 5.32 Å². The lowest BCUT2D eigenvalue weighted by Gasteiger charge is -2.05. The van der Waals surface area contributed by atoms with E-state index in [-0.39, 0.29) is 0 Å². The Hall–Kier alpha value is -1.79. The number of nitrogens with one attached hydrogen (secondary N) is 1. The number of nitrogens with zero attached hydrogens (tertiary/aromatic N) is 1. The smallest absolute Gasteiger partial charge is 0.0991 e. The van der Waals surface area contributed by atoms with E-state index in [9.17, 15) is 0 Å². The average molecular weight is 216 g/mol. The van der Waals surface area contributed by atoms with Crippen LogP contribution in [0.2, 0.25) is 0 Å². The monoisotopic (exact) mass is 216 g/mol. The van der Waals surface area contributed by atoms with Crippen molar-refractivity contribution in [1.29, 1.82) is 5.26 Å². The molecule has 1 rings (SSSR count). The van der Waals surface area contributed by atoms with Gasteiger partial charge in [-0.2, -0.15) is 5.26 Å². The molecule has 0 saturated heterocycles. The van der Waals surface area contributed by atoms with Crippen LogP contribution in [0.1, 0.15) is 17.5 Å². The first kappa shape index (κ1) is 12.3. The highest BCUT2D eigenvalue weighted by Gasteiger charge is 1.94. The quantitative estimate of drug-likeness (QED) is 0.561. The lowest BCUT2D eigenvalue weighted by molar-refractivity contribution is 0.244. The number of hydrogen-bond donors (Lipinski definition) is 1. The zero-order valence-corrected chi connectivity index (χ0v) is 9.28. The molecule has 0 unspecified atom stereocenters. The largest absolute Gasteiger partial charge is 0.502 e. The van der Waals surface area contributed by atoms with Crippen LogP contribution in [-0.4, -0.2) is 13.2 Å². The molecule has 1 N–H and O–H groups in total. The van der Waals surface area contributed by atoms with E-state index in [1.165, 1.54) is 6.26 Å². The summed E-state index contributed by atoms with van der Waals surface area (Å²) < 4.78 is 5.00. The van der Waals surface area contributed by atoms with Crippen LogP contribution in [-0.2, 0) is 11.3 Å². The first-order chi connectivity index (χ1) is 7.86. The van der Waals surface area contributed by atoms with Crippen LogP contribution in [0, 0.1) is 11.3 Å². The Bertz CT molecular complexity index is 368. The first-order valence-corrected chi connectivity index (χ1v) is 5.29. The molecule has 0 radical (unpaired) electrons. The van der Waals surface area contributed by atoms with Gasteiger partial charge in [-0.15, -0.1) is 0 Å². The molecule has 0 aliphatic heterocycles. The van der Waals surface area contributed by atoms with E-state index < -0.39 is 0 Å². The minimum atomic E-state index is 0.689. The highest BCUT2D eigenvalue weighted by atomic mass is 16.5. The summed E-state index contributed by atoms with van der Waals surface area (Å²) in [5.41, 5.74) is 1.83. The van der Waals surface area contributed by atoms with E-state index in [4.69, 9.17) is 10.00 Å². The highest BCUT2D eigenvalue weighted by molar-refractivity contribution is 5.32. The van der Waals surface area contributed by atoms with Gasteiger partial charge in [0.2, 0.25) is 0 Å². The SMILES string of the molecule is C=COCCCNCc1cccc(C#N)c1. The van der Waals surface area contributed by atoms with Gasteiger partial charge in [0.1, 0.15) is 0 Å². The molecule has 0 aliphatic carbocycles. The molecule has 1 aromatic carbocycles. The maximum absolute atomic E-state index is 8.73. The van der Waals surface area contributed by atoms with Crippen molar-refractivity contribution in [3.05, 3.63) is 48.2 Å². The van der Waals surface area contributed by atoms with Gasteiger partial charge in [0.15, 0.2) is 0 Å². The number of rotatable bonds is 7. The van der Waals surface area contributed by atoms with Crippen LogP contribution >= 0.6 is 0 Å². The van der Waals surface area contributed by atoms with E-state index in [1.54, 1.807) is 6.07 Å². The fourth-order valence-corrected chi connectivity index (χ4v) is 1.35. The Labute approximate surface area is 96.4 Å². The Balaban J connectivity index is 2.21. The van der Waals surface area contributed by atoms with Gasteiger partial charge in [0, 0.05) is 6.54 Å². The maximum atomic E-state index is 8.73. The summed E-state index contributed by atoms with van der Waals surface area (Å²) in [4.78, 5) is 0. The Morgan fingerprint density at radius 1 is 1.50 bits per heavy atom. The van der Waals surface area contributed by atoms with E-state index in [0.717, 1.165) is 25.1 Å². The molecule has 1 aromatic rings. The predicted octanol–water partition coefficient (Wildman–Crippen LogP) is 2.20. The highest BCUT2D eigenvalue weighted by Crippen LogP contribution is 2.03. The second-order valence-corrected chi connectivity index (χ2v) is 3.38. The number of ether oxygens (including phenoxy) is 1. The molecule has 0 fully saturated rings. The molecule has 0 spiro atoms. The van der Waals surface area contributed by atoms with E-state index >= 15 is 0 Å². The van der Waals surface area contributed by atoms with Crippen LogP contribution in [0.4, 0.5) is 0 Å². The van der Waals surface area contributed by atoms with Gasteiger partial charge in [0.05, 0.1) is 24.5 Å². The number of benzene rings is 1. The topological polar surface area (TPSA) is 45.0 Å². The summed E-state index contributed by atoms with van der Waals surface area (Å²) in [6, 6.07) is 9.74. The molecular formula is C13H16N2O. The molecule has 0 heterocycles. The molecule has 16 heavy (non-hydrogen) atoms. The third-order valence-corrected chi connectivity index (χ3v) is 2.12. The molecule has 0 saturated carbocycles. The summed E-state index contributed by atoms with van der Waals surface area (Å²) in [6.45, 7) is 5.84. The summed E-state index contributed by atoms with van der Waals surface area (Å²) >= 11 is 0. The van der Waals surface area contributed by atoms with Crippen LogP contribution in [0.5, 0.6) is 0 Å². The lowest BCUT2D eigenvalue weighted by Crippen LogP contribution is -2.16. The molecule has 0 aromatic heterocycles. The van der Waals surface area contributed by atoms with E-state index in [0.29, 0.717) is 12.2 Å². The molecule has 3 nitrogen and oxygen atoms in total. The van der Waals surface area contributed by atoms with Crippen molar-refractivity contribution in [2.75, 3.05) is 13.2 Å². The molecule has 3 heteroatoms. The van der Waals surface area contributed by atoms with Gasteiger partial charge < -0.3 is 10.1 Å². The van der Waals surface area contributed by atoms with Crippen molar-refractivity contribution in [2.45, 2.75) is 13.0 Å². The minimum absolute atomic E-state index is 0.689. The van der Waals surface area contributed by atoms with Gasteiger partial charge in [0.25, 0.3) is 0 Å². The molecule has 0 atom stereocenters. The Morgan fingerprint density at radius 3 is 3.12 bits per heavy atom. The molecule has 0 aliphatic rings. The number of hydrogen-bond acceptors (Lipinski definition) is 3. The third kappa shape index (κ3) is 4.63. The fraction of sp³-hybridized carbons (Fsp3) is 0.308. The minimum Gasteiger partial charge on any atom is -0.502 e. The number of nitriles is 1. The Morgan fingerprint density at radius 2 is 2.38 bits per heavy atom. The molecule has 0 amide bonds. The van der Waals surface area contributed by atoms with Gasteiger partial charge in [-0.05, 0) is 30.7 Å². The Kier molecular flexibility index (Phi) is 5.75. The van der Waals surface area contributed by atoms with Crippen molar-refractivity contribution in [3.8, 4) is 6.07 Å². The summed E-state index contributed by atoms with van der Waals surface area (Å²) in [7, 11) is 0. The van der Waals surface area contributed by atoms with Gasteiger partial charge in [-0.3, -0.25) is 0 Å². The van der Waals surface area contributed by atoms with Crippen molar-refractivity contribution in [1.82, 2.24) is 5.32 Å². The van der Waals surface area contributed by atoms with Crippen molar-refractivity contribution >= 4 is 0 Å². The first-order valence-electron chi connectivity index (χ1n) is 5.29. The zero-order chi connectivity index (χ0) is 11.6. The van der Waals surface area contributed by atoms with Gasteiger partial charge >= 0.3 is 0 Å². The van der Waals surface area contributed by atoms with Crippen LogP contribution in [0.15, 0.2) is 37.1 Å². The maximum Gasteiger partial charge on any atom is 0.0991 e. The van der Waals surface area contributed by atoms with Gasteiger partial charge in [-0.1, -0.05) is 18.7 Å². The second-order valence-electron chi connectivity index (χ2n) is 3.38. The second kappa shape index (κ2) is 7.49. The third-order valence-electron chi connectivity index (χ3n) is 2.12.